The molecule has 4 rings (SSSR count). The molecule has 2 aromatic carbocycles. The summed E-state index contributed by atoms with van der Waals surface area (Å²) < 4.78 is 1.58. The van der Waals surface area contributed by atoms with Gasteiger partial charge in [0.25, 0.3) is 0 Å². The maximum atomic E-state index is 12.3. The minimum Gasteiger partial charge on any atom is -0.480 e. The molecule has 0 aliphatic carbocycles. The lowest BCUT2D eigenvalue weighted by molar-refractivity contribution is -0.144. The molecule has 7 nitrogen and oxygen atoms in total. The molecule has 0 spiro atoms. The predicted molar refractivity (Wildman–Crippen MR) is 114 cm³/mol. The highest BCUT2D eigenvalue weighted by Crippen LogP contribution is 2.34. The lowest BCUT2D eigenvalue weighted by atomic mass is 10.00. The third-order valence-electron chi connectivity index (χ3n) is 5.88. The van der Waals surface area contributed by atoms with E-state index in [1.54, 1.807) is 17.7 Å². The summed E-state index contributed by atoms with van der Waals surface area (Å²) in [6.07, 6.45) is 0. The van der Waals surface area contributed by atoms with Gasteiger partial charge in [-0.15, -0.1) is 0 Å². The molecule has 0 saturated carbocycles. The van der Waals surface area contributed by atoms with E-state index in [9.17, 15) is 19.8 Å². The Morgan fingerprint density at radius 3 is 2.20 bits per heavy atom. The van der Waals surface area contributed by atoms with Crippen LogP contribution >= 0.6 is 0 Å². The molecule has 0 amide bonds. The van der Waals surface area contributed by atoms with Crippen molar-refractivity contribution in [3.8, 4) is 0 Å². The molecule has 0 bridgehead atoms. The van der Waals surface area contributed by atoms with Crippen LogP contribution in [0.15, 0.2) is 54.6 Å². The molecule has 1 saturated heterocycles. The van der Waals surface area contributed by atoms with E-state index in [2.05, 4.69) is 17.0 Å². The molecule has 1 aliphatic rings. The molecule has 3 aromatic rings. The number of aromatic nitrogens is 1. The first-order valence-electron chi connectivity index (χ1n) is 10.0. The second kappa shape index (κ2) is 8.30. The summed E-state index contributed by atoms with van der Waals surface area (Å²) in [6.45, 7) is 3.40. The van der Waals surface area contributed by atoms with Gasteiger partial charge in [0.05, 0.1) is 0 Å². The van der Waals surface area contributed by atoms with E-state index in [0.29, 0.717) is 24.0 Å². The van der Waals surface area contributed by atoms with Crippen molar-refractivity contribution in [2.24, 2.45) is 7.05 Å². The molecule has 7 heteroatoms. The standard InChI is InChI=1S/C23H25N3O4/c1-24-18-10-6-5-9-17(18)19(20(24)22(27)28)21(23(29)30)26-13-11-25(12-14-26)15-16-7-3-2-4-8-16/h2-10,21H,11-15H2,1H3,(H,27,28)(H,29,30)/t21-/m0/s1. The fourth-order valence-electron chi connectivity index (χ4n) is 4.44. The minimum atomic E-state index is -1.11. The zero-order chi connectivity index (χ0) is 21.3. The average Bonchev–Trinajstić information content (AvgIpc) is 3.03. The van der Waals surface area contributed by atoms with Gasteiger partial charge in [0.15, 0.2) is 0 Å². The van der Waals surface area contributed by atoms with E-state index < -0.39 is 18.0 Å². The number of aryl methyl sites for hydroxylation is 1. The van der Waals surface area contributed by atoms with E-state index in [1.165, 1.54) is 5.56 Å². The number of aromatic carboxylic acids is 1. The Morgan fingerprint density at radius 2 is 1.57 bits per heavy atom. The van der Waals surface area contributed by atoms with E-state index in [4.69, 9.17) is 0 Å². The highest BCUT2D eigenvalue weighted by molar-refractivity contribution is 6.01. The molecular weight excluding hydrogens is 382 g/mol. The van der Waals surface area contributed by atoms with Gasteiger partial charge in [0, 0.05) is 56.2 Å². The zero-order valence-electron chi connectivity index (χ0n) is 16.9. The summed E-state index contributed by atoms with van der Waals surface area (Å²) in [5.41, 5.74) is 2.35. The van der Waals surface area contributed by atoms with Crippen molar-refractivity contribution in [1.29, 1.82) is 0 Å². The first kappa shape index (κ1) is 20.1. The summed E-state index contributed by atoms with van der Waals surface area (Å²) in [5, 5.41) is 20.6. The lowest BCUT2D eigenvalue weighted by Crippen LogP contribution is -2.49. The van der Waals surface area contributed by atoms with Crippen LogP contribution < -0.4 is 0 Å². The van der Waals surface area contributed by atoms with Gasteiger partial charge in [0.1, 0.15) is 11.7 Å². The van der Waals surface area contributed by atoms with Gasteiger partial charge in [-0.2, -0.15) is 0 Å². The monoisotopic (exact) mass is 407 g/mol. The van der Waals surface area contributed by atoms with Crippen LogP contribution in [-0.4, -0.2) is 62.7 Å². The Hall–Kier alpha value is -3.16. The summed E-state index contributed by atoms with van der Waals surface area (Å²) >= 11 is 0. The highest BCUT2D eigenvalue weighted by Gasteiger charge is 2.36. The molecule has 1 aromatic heterocycles. The first-order chi connectivity index (χ1) is 14.5. The number of carbonyl (C=O) groups is 2. The maximum Gasteiger partial charge on any atom is 0.352 e. The van der Waals surface area contributed by atoms with E-state index in [-0.39, 0.29) is 5.69 Å². The number of rotatable bonds is 6. The van der Waals surface area contributed by atoms with Crippen LogP contribution in [0.4, 0.5) is 0 Å². The minimum absolute atomic E-state index is 0.0373. The van der Waals surface area contributed by atoms with Gasteiger partial charge in [0.2, 0.25) is 0 Å². The van der Waals surface area contributed by atoms with Crippen LogP contribution in [-0.2, 0) is 18.4 Å². The SMILES string of the molecule is Cn1c(C(=O)O)c([C@@H](C(=O)O)N2CCN(Cc3ccccc3)CC2)c2ccccc21. The molecule has 0 unspecified atom stereocenters. The molecule has 2 N–H and O–H groups in total. The van der Waals surface area contributed by atoms with Crippen LogP contribution in [0.2, 0.25) is 0 Å². The summed E-state index contributed by atoms with van der Waals surface area (Å²) in [7, 11) is 1.67. The topological polar surface area (TPSA) is 86.0 Å². The molecule has 1 atom stereocenters. The van der Waals surface area contributed by atoms with E-state index in [1.807, 2.05) is 41.3 Å². The number of aliphatic carboxylic acids is 1. The first-order valence-corrected chi connectivity index (χ1v) is 10.0. The number of piperazine rings is 1. The van der Waals surface area contributed by atoms with Crippen LogP contribution in [0.3, 0.4) is 0 Å². The number of hydrogen-bond acceptors (Lipinski definition) is 4. The van der Waals surface area contributed by atoms with Crippen molar-refractivity contribution in [2.45, 2.75) is 12.6 Å². The summed E-state index contributed by atoms with van der Waals surface area (Å²) in [5.74, 6) is -2.14. The predicted octanol–water partition coefficient (Wildman–Crippen LogP) is 2.82. The molecule has 156 valence electrons. The fourth-order valence-corrected chi connectivity index (χ4v) is 4.44. The van der Waals surface area contributed by atoms with Crippen molar-refractivity contribution in [1.82, 2.24) is 14.4 Å². The number of carboxylic acids is 2. The quantitative estimate of drug-likeness (QED) is 0.654. The number of carboxylic acid groups (broad SMARTS) is 2. The van der Waals surface area contributed by atoms with Gasteiger partial charge in [-0.05, 0) is 11.6 Å². The van der Waals surface area contributed by atoms with Crippen molar-refractivity contribution in [2.75, 3.05) is 26.2 Å². The fraction of sp³-hybridized carbons (Fsp3) is 0.304. The lowest BCUT2D eigenvalue weighted by Gasteiger charge is -2.38. The second-order valence-electron chi connectivity index (χ2n) is 7.68. The molecule has 1 aliphatic heterocycles. The van der Waals surface area contributed by atoms with Crippen molar-refractivity contribution in [3.63, 3.8) is 0 Å². The molecule has 2 heterocycles. The van der Waals surface area contributed by atoms with Crippen molar-refractivity contribution in [3.05, 3.63) is 71.4 Å². The van der Waals surface area contributed by atoms with Crippen molar-refractivity contribution >= 4 is 22.8 Å². The highest BCUT2D eigenvalue weighted by atomic mass is 16.4. The van der Waals surface area contributed by atoms with Gasteiger partial charge >= 0.3 is 11.9 Å². The van der Waals surface area contributed by atoms with Crippen LogP contribution in [0, 0.1) is 0 Å². The Balaban J connectivity index is 1.63. The Labute approximate surface area is 174 Å². The normalized spacial score (nSPS) is 16.6. The number of benzene rings is 2. The van der Waals surface area contributed by atoms with Crippen LogP contribution in [0.25, 0.3) is 10.9 Å². The van der Waals surface area contributed by atoms with E-state index >= 15 is 0 Å². The number of fused-ring (bicyclic) bond motifs is 1. The summed E-state index contributed by atoms with van der Waals surface area (Å²) in [6, 6.07) is 16.5. The number of para-hydroxylation sites is 1. The molecular formula is C23H25N3O4. The maximum absolute atomic E-state index is 12.3. The molecule has 30 heavy (non-hydrogen) atoms. The Bertz CT molecular complexity index is 1070. The van der Waals surface area contributed by atoms with Crippen LogP contribution in [0.1, 0.15) is 27.7 Å². The van der Waals surface area contributed by atoms with Crippen LogP contribution in [0.5, 0.6) is 0 Å². The Morgan fingerprint density at radius 1 is 0.933 bits per heavy atom. The van der Waals surface area contributed by atoms with E-state index in [0.717, 1.165) is 25.2 Å². The smallest absolute Gasteiger partial charge is 0.352 e. The average molecular weight is 407 g/mol. The van der Waals surface area contributed by atoms with Gasteiger partial charge in [-0.25, -0.2) is 4.79 Å². The number of hydrogen-bond donors (Lipinski definition) is 2. The molecule has 0 radical (unpaired) electrons. The third-order valence-corrected chi connectivity index (χ3v) is 5.88. The second-order valence-corrected chi connectivity index (χ2v) is 7.68. The van der Waals surface area contributed by atoms with Gasteiger partial charge in [-0.3, -0.25) is 14.6 Å². The third kappa shape index (κ3) is 3.69. The summed E-state index contributed by atoms with van der Waals surface area (Å²) in [4.78, 5) is 28.6. The van der Waals surface area contributed by atoms with Crippen molar-refractivity contribution < 1.29 is 19.8 Å². The Kier molecular flexibility index (Phi) is 5.57. The molecule has 1 fully saturated rings. The number of nitrogens with zero attached hydrogens (tertiary/aromatic N) is 3. The zero-order valence-corrected chi connectivity index (χ0v) is 16.9. The van der Waals surface area contributed by atoms with Gasteiger partial charge < -0.3 is 14.8 Å². The largest absolute Gasteiger partial charge is 0.480 e. The van der Waals surface area contributed by atoms with Gasteiger partial charge in [-0.1, -0.05) is 48.5 Å².